The van der Waals surface area contributed by atoms with Crippen molar-refractivity contribution in [2.75, 3.05) is 0 Å². The second-order valence-corrected chi connectivity index (χ2v) is 4.98. The standard InChI is InChI=1S/C19H16N2O3/c22-19(21-20-13-16-9-6-12-23-16)17-10-4-5-11-18(17)24-14-15-7-2-1-3-8-15/h1-13H,14H2,(H,21,22)/b20-13-. The van der Waals surface area contributed by atoms with Gasteiger partial charge in [0.05, 0.1) is 18.0 Å². The molecule has 0 bridgehead atoms. The molecule has 3 aromatic rings. The van der Waals surface area contributed by atoms with Crippen molar-refractivity contribution in [2.45, 2.75) is 6.61 Å². The first kappa shape index (κ1) is 15.6. The molecular formula is C19H16N2O3. The topological polar surface area (TPSA) is 63.8 Å². The molecule has 1 N–H and O–H groups in total. The van der Waals surface area contributed by atoms with Crippen molar-refractivity contribution >= 4 is 12.1 Å². The normalized spacial score (nSPS) is 10.7. The maximum atomic E-state index is 12.3. The zero-order chi connectivity index (χ0) is 16.6. The molecular weight excluding hydrogens is 304 g/mol. The molecule has 5 nitrogen and oxygen atoms in total. The third-order valence-electron chi connectivity index (χ3n) is 3.27. The van der Waals surface area contributed by atoms with E-state index in [-0.39, 0.29) is 5.91 Å². The van der Waals surface area contributed by atoms with Crippen molar-refractivity contribution in [3.8, 4) is 5.75 Å². The lowest BCUT2D eigenvalue weighted by Crippen LogP contribution is -2.18. The van der Waals surface area contributed by atoms with Crippen molar-refractivity contribution in [2.24, 2.45) is 5.10 Å². The molecule has 0 radical (unpaired) electrons. The van der Waals surface area contributed by atoms with Gasteiger partial charge in [0.2, 0.25) is 0 Å². The maximum absolute atomic E-state index is 12.3. The Balaban J connectivity index is 1.65. The summed E-state index contributed by atoms with van der Waals surface area (Å²) in [7, 11) is 0. The van der Waals surface area contributed by atoms with E-state index in [9.17, 15) is 4.79 Å². The van der Waals surface area contributed by atoms with E-state index in [1.165, 1.54) is 12.5 Å². The molecule has 24 heavy (non-hydrogen) atoms. The molecule has 0 fully saturated rings. The molecule has 0 aliphatic carbocycles. The summed E-state index contributed by atoms with van der Waals surface area (Å²) in [6.07, 6.45) is 2.97. The number of hydrogen-bond acceptors (Lipinski definition) is 4. The lowest BCUT2D eigenvalue weighted by molar-refractivity contribution is 0.0950. The highest BCUT2D eigenvalue weighted by atomic mass is 16.5. The number of benzene rings is 2. The number of rotatable bonds is 6. The van der Waals surface area contributed by atoms with E-state index in [4.69, 9.17) is 9.15 Å². The maximum Gasteiger partial charge on any atom is 0.275 e. The molecule has 0 saturated heterocycles. The Bertz CT molecular complexity index is 812. The van der Waals surface area contributed by atoms with Crippen LogP contribution in [-0.4, -0.2) is 12.1 Å². The molecule has 0 unspecified atom stereocenters. The first-order chi connectivity index (χ1) is 11.8. The third-order valence-corrected chi connectivity index (χ3v) is 3.27. The Morgan fingerprint density at radius 2 is 1.83 bits per heavy atom. The number of nitrogens with one attached hydrogen (secondary N) is 1. The largest absolute Gasteiger partial charge is 0.488 e. The van der Waals surface area contributed by atoms with Gasteiger partial charge in [-0.25, -0.2) is 5.43 Å². The highest BCUT2D eigenvalue weighted by Gasteiger charge is 2.11. The fraction of sp³-hybridized carbons (Fsp3) is 0.0526. The van der Waals surface area contributed by atoms with E-state index in [2.05, 4.69) is 10.5 Å². The Morgan fingerprint density at radius 3 is 2.62 bits per heavy atom. The first-order valence-corrected chi connectivity index (χ1v) is 7.45. The number of amides is 1. The molecule has 3 rings (SSSR count). The Morgan fingerprint density at radius 1 is 1.04 bits per heavy atom. The summed E-state index contributed by atoms with van der Waals surface area (Å²) >= 11 is 0. The van der Waals surface area contributed by atoms with Gasteiger partial charge in [-0.15, -0.1) is 0 Å². The van der Waals surface area contributed by atoms with E-state index in [0.717, 1.165) is 5.56 Å². The molecule has 2 aromatic carbocycles. The summed E-state index contributed by atoms with van der Waals surface area (Å²) in [6, 6.07) is 20.3. The predicted octanol–water partition coefficient (Wildman–Crippen LogP) is 3.62. The van der Waals surface area contributed by atoms with Crippen LogP contribution in [0.2, 0.25) is 0 Å². The average molecular weight is 320 g/mol. The molecule has 0 saturated carbocycles. The van der Waals surface area contributed by atoms with Crippen molar-refractivity contribution in [3.63, 3.8) is 0 Å². The van der Waals surface area contributed by atoms with Crippen LogP contribution in [0, 0.1) is 0 Å². The number of para-hydroxylation sites is 1. The van der Waals surface area contributed by atoms with Gasteiger partial charge in [0.25, 0.3) is 5.91 Å². The molecule has 1 amide bonds. The molecule has 120 valence electrons. The van der Waals surface area contributed by atoms with E-state index in [0.29, 0.717) is 23.7 Å². The Hall–Kier alpha value is -3.34. The molecule has 0 aliphatic heterocycles. The highest BCUT2D eigenvalue weighted by molar-refractivity contribution is 5.97. The molecule has 1 heterocycles. The fourth-order valence-corrected chi connectivity index (χ4v) is 2.09. The molecule has 0 atom stereocenters. The minimum atomic E-state index is -0.346. The van der Waals surface area contributed by atoms with Crippen LogP contribution in [0.5, 0.6) is 5.75 Å². The third kappa shape index (κ3) is 4.10. The smallest absolute Gasteiger partial charge is 0.275 e. The number of carbonyl (C=O) groups excluding carboxylic acids is 1. The van der Waals surface area contributed by atoms with E-state index >= 15 is 0 Å². The second kappa shape index (κ2) is 7.78. The number of hydrazone groups is 1. The minimum Gasteiger partial charge on any atom is -0.488 e. The zero-order valence-corrected chi connectivity index (χ0v) is 12.9. The first-order valence-electron chi connectivity index (χ1n) is 7.45. The lowest BCUT2D eigenvalue weighted by Gasteiger charge is -2.10. The van der Waals surface area contributed by atoms with Crippen molar-refractivity contribution < 1.29 is 13.9 Å². The van der Waals surface area contributed by atoms with Crippen LogP contribution in [0.25, 0.3) is 0 Å². The lowest BCUT2D eigenvalue weighted by atomic mass is 10.2. The number of furan rings is 1. The predicted molar refractivity (Wildman–Crippen MR) is 91.0 cm³/mol. The van der Waals surface area contributed by atoms with Crippen LogP contribution in [0.4, 0.5) is 0 Å². The van der Waals surface area contributed by atoms with Crippen molar-refractivity contribution in [1.29, 1.82) is 0 Å². The quantitative estimate of drug-likeness (QED) is 0.557. The van der Waals surface area contributed by atoms with Crippen LogP contribution in [0.3, 0.4) is 0 Å². The van der Waals surface area contributed by atoms with Gasteiger partial charge in [-0.2, -0.15) is 5.10 Å². The van der Waals surface area contributed by atoms with Gasteiger partial charge in [-0.3, -0.25) is 4.79 Å². The minimum absolute atomic E-state index is 0.346. The molecule has 5 heteroatoms. The summed E-state index contributed by atoms with van der Waals surface area (Å²) < 4.78 is 10.9. The Labute approximate surface area is 139 Å². The van der Waals surface area contributed by atoms with Gasteiger partial charge in [-0.1, -0.05) is 42.5 Å². The average Bonchev–Trinajstić information content (AvgIpc) is 3.14. The molecule has 1 aromatic heterocycles. The van der Waals surface area contributed by atoms with Gasteiger partial charge in [0, 0.05) is 0 Å². The summed E-state index contributed by atoms with van der Waals surface area (Å²) in [5.41, 5.74) is 3.92. The Kier molecular flexibility index (Phi) is 5.04. The van der Waals surface area contributed by atoms with Gasteiger partial charge < -0.3 is 9.15 Å². The van der Waals surface area contributed by atoms with E-state index < -0.39 is 0 Å². The van der Waals surface area contributed by atoms with Crippen LogP contribution in [0.15, 0.2) is 82.5 Å². The summed E-state index contributed by atoms with van der Waals surface area (Å²) in [6.45, 7) is 0.390. The van der Waals surface area contributed by atoms with Crippen molar-refractivity contribution in [3.05, 3.63) is 89.9 Å². The number of hydrogen-bond donors (Lipinski definition) is 1. The zero-order valence-electron chi connectivity index (χ0n) is 12.9. The van der Waals surface area contributed by atoms with Crippen LogP contribution < -0.4 is 10.2 Å². The summed E-state index contributed by atoms with van der Waals surface area (Å²) in [5.74, 6) is 0.720. The highest BCUT2D eigenvalue weighted by Crippen LogP contribution is 2.19. The van der Waals surface area contributed by atoms with Crippen molar-refractivity contribution in [1.82, 2.24) is 5.43 Å². The fourth-order valence-electron chi connectivity index (χ4n) is 2.09. The van der Waals surface area contributed by atoms with E-state index in [1.54, 1.807) is 30.3 Å². The number of carbonyl (C=O) groups is 1. The summed E-state index contributed by atoms with van der Waals surface area (Å²) in [5, 5.41) is 3.88. The number of ether oxygens (including phenoxy) is 1. The van der Waals surface area contributed by atoms with Gasteiger partial charge in [-0.05, 0) is 29.8 Å². The molecule has 0 spiro atoms. The monoisotopic (exact) mass is 320 g/mol. The van der Waals surface area contributed by atoms with Gasteiger partial charge in [0.15, 0.2) is 0 Å². The number of nitrogens with zero attached hydrogens (tertiary/aromatic N) is 1. The van der Waals surface area contributed by atoms with Gasteiger partial charge in [0.1, 0.15) is 18.1 Å². The molecule has 0 aliphatic rings. The van der Waals surface area contributed by atoms with Crippen LogP contribution in [-0.2, 0) is 6.61 Å². The summed E-state index contributed by atoms with van der Waals surface area (Å²) in [4.78, 5) is 12.3. The second-order valence-electron chi connectivity index (χ2n) is 4.98. The van der Waals surface area contributed by atoms with Gasteiger partial charge >= 0.3 is 0 Å². The van der Waals surface area contributed by atoms with Crippen LogP contribution in [0.1, 0.15) is 21.7 Å². The van der Waals surface area contributed by atoms with Crippen LogP contribution >= 0.6 is 0 Å². The van der Waals surface area contributed by atoms with E-state index in [1.807, 2.05) is 36.4 Å². The SMILES string of the molecule is O=C(N/N=C\c1ccco1)c1ccccc1OCc1ccccc1.